The molecule has 1 aromatic carbocycles. The van der Waals surface area contributed by atoms with Crippen LogP contribution in [0.2, 0.25) is 0 Å². The maximum Gasteiger partial charge on any atom is 0.507 e. The van der Waals surface area contributed by atoms with Gasteiger partial charge in [-0.3, -0.25) is 5.32 Å². The lowest BCUT2D eigenvalue weighted by Crippen LogP contribution is -2.32. The first-order valence-corrected chi connectivity index (χ1v) is 5.53. The van der Waals surface area contributed by atoms with Gasteiger partial charge < -0.3 is 19.3 Å². The molecule has 2 rings (SSSR count). The average Bonchev–Trinajstić information content (AvgIpc) is 2.37. The van der Waals surface area contributed by atoms with Gasteiger partial charge in [-0.05, 0) is 24.1 Å². The molecule has 0 amide bonds. The monoisotopic (exact) mass is 253 g/mol. The molecular formula is C12H15NO5. The summed E-state index contributed by atoms with van der Waals surface area (Å²) < 4.78 is 15.2. The molecule has 1 unspecified atom stereocenters. The number of carboxylic acid groups (broad SMARTS) is 1. The molecule has 0 bridgehead atoms. The molecule has 1 atom stereocenters. The van der Waals surface area contributed by atoms with Crippen LogP contribution < -0.4 is 14.8 Å². The van der Waals surface area contributed by atoms with Crippen molar-refractivity contribution in [3.05, 3.63) is 23.3 Å². The van der Waals surface area contributed by atoms with E-state index in [4.69, 9.17) is 19.3 Å². The van der Waals surface area contributed by atoms with Gasteiger partial charge in [-0.2, -0.15) is 0 Å². The van der Waals surface area contributed by atoms with Crippen LogP contribution in [0.1, 0.15) is 17.4 Å². The topological polar surface area (TPSA) is 77.0 Å². The summed E-state index contributed by atoms with van der Waals surface area (Å²) in [5.41, 5.74) is 1.76. The molecule has 0 saturated carbocycles. The normalized spacial score (nSPS) is 17.8. The van der Waals surface area contributed by atoms with Gasteiger partial charge >= 0.3 is 6.16 Å². The highest BCUT2D eigenvalue weighted by Crippen LogP contribution is 2.35. The Morgan fingerprint density at radius 1 is 1.33 bits per heavy atom. The van der Waals surface area contributed by atoms with Crippen molar-refractivity contribution in [1.29, 1.82) is 0 Å². The summed E-state index contributed by atoms with van der Waals surface area (Å²) in [6.07, 6.45) is -1.18. The van der Waals surface area contributed by atoms with Crippen LogP contribution in [-0.4, -0.2) is 32.0 Å². The number of fused-ring (bicyclic) bond motifs is 1. The number of carbonyl (C=O) groups is 1. The molecule has 6 nitrogen and oxygen atoms in total. The Morgan fingerprint density at radius 3 is 2.61 bits per heavy atom. The molecule has 18 heavy (non-hydrogen) atoms. The lowest BCUT2D eigenvalue weighted by molar-refractivity contribution is 0.0331. The molecule has 0 saturated heterocycles. The van der Waals surface area contributed by atoms with Gasteiger partial charge in [0.1, 0.15) is 0 Å². The van der Waals surface area contributed by atoms with Gasteiger partial charge in [-0.15, -0.1) is 0 Å². The van der Waals surface area contributed by atoms with Gasteiger partial charge in [0.25, 0.3) is 0 Å². The van der Waals surface area contributed by atoms with E-state index in [0.717, 1.165) is 17.5 Å². The zero-order valence-corrected chi connectivity index (χ0v) is 10.2. The maximum atomic E-state index is 10.6. The van der Waals surface area contributed by atoms with E-state index in [2.05, 4.69) is 5.32 Å². The Hall–Kier alpha value is -1.95. The van der Waals surface area contributed by atoms with E-state index in [1.165, 1.54) is 7.11 Å². The van der Waals surface area contributed by atoms with Crippen LogP contribution in [0.4, 0.5) is 4.79 Å². The van der Waals surface area contributed by atoms with Gasteiger partial charge in [0.15, 0.2) is 17.7 Å². The van der Waals surface area contributed by atoms with E-state index in [1.807, 2.05) is 6.07 Å². The summed E-state index contributed by atoms with van der Waals surface area (Å²) in [4.78, 5) is 10.6. The van der Waals surface area contributed by atoms with Crippen LogP contribution in [0.3, 0.4) is 0 Å². The second-order valence-corrected chi connectivity index (χ2v) is 3.87. The van der Waals surface area contributed by atoms with Gasteiger partial charge in [0.05, 0.1) is 14.2 Å². The maximum absolute atomic E-state index is 10.6. The Kier molecular flexibility index (Phi) is 3.57. The fraction of sp³-hybridized carbons (Fsp3) is 0.417. The second kappa shape index (κ2) is 5.14. The quantitative estimate of drug-likeness (QED) is 0.796. The minimum absolute atomic E-state index is 0.555. The lowest BCUT2D eigenvalue weighted by atomic mass is 9.98. The third kappa shape index (κ3) is 2.33. The predicted molar refractivity (Wildman–Crippen MR) is 63.1 cm³/mol. The highest BCUT2D eigenvalue weighted by atomic mass is 16.7. The van der Waals surface area contributed by atoms with Crippen LogP contribution >= 0.6 is 0 Å². The third-order valence-corrected chi connectivity index (χ3v) is 2.87. The second-order valence-electron chi connectivity index (χ2n) is 3.87. The molecule has 0 aliphatic carbocycles. The summed E-state index contributed by atoms with van der Waals surface area (Å²) in [5, 5.41) is 11.7. The van der Waals surface area contributed by atoms with E-state index in [0.29, 0.717) is 18.0 Å². The summed E-state index contributed by atoms with van der Waals surface area (Å²) in [7, 11) is 3.10. The first kappa shape index (κ1) is 12.5. The lowest BCUT2D eigenvalue weighted by Gasteiger charge is -2.26. The summed E-state index contributed by atoms with van der Waals surface area (Å²) in [6.45, 7) is 0.653. The summed E-state index contributed by atoms with van der Waals surface area (Å²) in [6, 6.07) is 3.60. The van der Waals surface area contributed by atoms with Gasteiger partial charge in [0.2, 0.25) is 0 Å². The molecule has 1 heterocycles. The van der Waals surface area contributed by atoms with Crippen LogP contribution in [0.15, 0.2) is 12.1 Å². The first-order chi connectivity index (χ1) is 8.65. The molecule has 1 aromatic rings. The molecule has 98 valence electrons. The van der Waals surface area contributed by atoms with Crippen LogP contribution in [0.5, 0.6) is 11.5 Å². The largest absolute Gasteiger partial charge is 0.507 e. The molecular weight excluding hydrogens is 238 g/mol. The predicted octanol–water partition coefficient (Wildman–Crippen LogP) is 1.54. The molecule has 6 heteroatoms. The summed E-state index contributed by atoms with van der Waals surface area (Å²) >= 11 is 0. The number of hydrogen-bond acceptors (Lipinski definition) is 5. The number of benzene rings is 1. The Labute approximate surface area is 104 Å². The molecule has 0 radical (unpaired) electrons. The van der Waals surface area contributed by atoms with E-state index in [-0.39, 0.29) is 0 Å². The molecule has 0 aromatic heterocycles. The number of hydrogen-bond donors (Lipinski definition) is 2. The molecule has 1 aliphatic rings. The van der Waals surface area contributed by atoms with Crippen molar-refractivity contribution in [3.8, 4) is 11.5 Å². The minimum atomic E-state index is -1.31. The van der Waals surface area contributed by atoms with Crippen LogP contribution in [0, 0.1) is 0 Å². The Morgan fingerprint density at radius 2 is 2.00 bits per heavy atom. The fourth-order valence-corrected chi connectivity index (χ4v) is 2.05. The molecule has 2 N–H and O–H groups in total. The third-order valence-electron chi connectivity index (χ3n) is 2.87. The Balaban J connectivity index is 2.40. The Bertz CT molecular complexity index is 460. The minimum Gasteiger partial charge on any atom is -0.493 e. The highest BCUT2D eigenvalue weighted by Gasteiger charge is 2.25. The van der Waals surface area contributed by atoms with Gasteiger partial charge in [0, 0.05) is 12.1 Å². The van der Waals surface area contributed by atoms with Crippen molar-refractivity contribution in [2.45, 2.75) is 12.6 Å². The van der Waals surface area contributed by atoms with Crippen molar-refractivity contribution in [1.82, 2.24) is 5.32 Å². The number of ether oxygens (including phenoxy) is 3. The van der Waals surface area contributed by atoms with Crippen LogP contribution in [-0.2, 0) is 11.2 Å². The zero-order chi connectivity index (χ0) is 13.1. The smallest absolute Gasteiger partial charge is 0.493 e. The van der Waals surface area contributed by atoms with Crippen molar-refractivity contribution >= 4 is 6.16 Å². The summed E-state index contributed by atoms with van der Waals surface area (Å²) in [5.74, 6) is 1.19. The number of rotatable bonds is 3. The number of nitrogens with one attached hydrogen (secondary N) is 1. The van der Waals surface area contributed by atoms with Crippen molar-refractivity contribution in [2.24, 2.45) is 0 Å². The van der Waals surface area contributed by atoms with Crippen LogP contribution in [0.25, 0.3) is 0 Å². The van der Waals surface area contributed by atoms with Crippen molar-refractivity contribution in [2.75, 3.05) is 20.8 Å². The number of methoxy groups -OCH3 is 2. The van der Waals surface area contributed by atoms with E-state index >= 15 is 0 Å². The van der Waals surface area contributed by atoms with E-state index < -0.39 is 12.4 Å². The van der Waals surface area contributed by atoms with E-state index in [9.17, 15) is 4.79 Å². The highest BCUT2D eigenvalue weighted by molar-refractivity contribution is 5.58. The molecule has 1 aliphatic heterocycles. The zero-order valence-electron chi connectivity index (χ0n) is 10.2. The van der Waals surface area contributed by atoms with E-state index in [1.54, 1.807) is 13.2 Å². The fourth-order valence-electron chi connectivity index (χ4n) is 2.05. The van der Waals surface area contributed by atoms with Gasteiger partial charge in [-0.1, -0.05) is 0 Å². The first-order valence-electron chi connectivity index (χ1n) is 5.53. The molecule has 0 fully saturated rings. The average molecular weight is 253 g/mol. The SMILES string of the molecule is COc1cc2c(cc1OC)C(OC(=O)O)NCC2. The van der Waals surface area contributed by atoms with Gasteiger partial charge in [-0.25, -0.2) is 4.79 Å². The molecule has 0 spiro atoms. The van der Waals surface area contributed by atoms with Crippen molar-refractivity contribution in [3.63, 3.8) is 0 Å². The standard InChI is InChI=1S/C12H15NO5/c1-16-9-5-7-3-4-13-11(18-12(14)15)8(7)6-10(9)17-2/h5-6,11,13H,3-4H2,1-2H3,(H,14,15). The van der Waals surface area contributed by atoms with Crippen molar-refractivity contribution < 1.29 is 24.1 Å².